The van der Waals surface area contributed by atoms with E-state index in [2.05, 4.69) is 16.4 Å². The van der Waals surface area contributed by atoms with Gasteiger partial charge in [0.05, 0.1) is 5.92 Å². The van der Waals surface area contributed by atoms with Crippen LogP contribution in [0.5, 0.6) is 0 Å². The van der Waals surface area contributed by atoms with E-state index in [-0.39, 0.29) is 17.6 Å². The normalized spacial score (nSPS) is 17.2. The molecule has 1 N–H and O–H groups in total. The molecule has 1 amide bonds. The minimum atomic E-state index is -0.424. The van der Waals surface area contributed by atoms with Crippen LogP contribution in [0.25, 0.3) is 0 Å². The first kappa shape index (κ1) is 17.5. The Morgan fingerprint density at radius 1 is 1.22 bits per heavy atom. The third kappa shape index (κ3) is 3.50. The molecule has 0 aliphatic heterocycles. The van der Waals surface area contributed by atoms with Crippen molar-refractivity contribution < 1.29 is 9.18 Å². The van der Waals surface area contributed by atoms with E-state index < -0.39 is 6.04 Å². The molecular formula is C22H22FN3O. The summed E-state index contributed by atoms with van der Waals surface area (Å²) in [6.45, 7) is 0. The third-order valence-corrected chi connectivity index (χ3v) is 5.29. The van der Waals surface area contributed by atoms with Crippen molar-refractivity contribution in [3.05, 3.63) is 89.3 Å². The number of carbonyl (C=O) groups is 1. The Balaban J connectivity index is 1.65. The highest BCUT2D eigenvalue weighted by Crippen LogP contribution is 2.32. The number of nitrogens with zero attached hydrogens (tertiary/aromatic N) is 2. The van der Waals surface area contributed by atoms with Crippen molar-refractivity contribution in [2.24, 2.45) is 7.05 Å². The molecule has 4 nitrogen and oxygen atoms in total. The van der Waals surface area contributed by atoms with E-state index in [0.717, 1.165) is 36.2 Å². The Kier molecular flexibility index (Phi) is 4.75. The summed E-state index contributed by atoms with van der Waals surface area (Å²) in [7, 11) is 1.89. The van der Waals surface area contributed by atoms with Gasteiger partial charge in [0.25, 0.3) is 0 Å². The Labute approximate surface area is 158 Å². The predicted octanol–water partition coefficient (Wildman–Crippen LogP) is 3.88. The fourth-order valence-corrected chi connectivity index (χ4v) is 3.88. The standard InChI is InChI=1S/C22H22FN3O/c1-26-14-13-24-21(26)20(16-9-11-17(23)12-10-16)25-22(27)19-8-4-6-15-5-2-3-7-18(15)19/h2-3,5,7,9-14,19-20H,4,6,8H2,1H3,(H,25,27). The Morgan fingerprint density at radius 2 is 2.00 bits per heavy atom. The lowest BCUT2D eigenvalue weighted by Crippen LogP contribution is -2.36. The lowest BCUT2D eigenvalue weighted by atomic mass is 9.82. The van der Waals surface area contributed by atoms with E-state index in [1.54, 1.807) is 18.3 Å². The Hall–Kier alpha value is -2.95. The molecule has 0 bridgehead atoms. The second-order valence-corrected chi connectivity index (χ2v) is 7.03. The maximum atomic E-state index is 13.4. The van der Waals surface area contributed by atoms with Crippen LogP contribution in [-0.4, -0.2) is 15.5 Å². The van der Waals surface area contributed by atoms with Gasteiger partial charge in [-0.3, -0.25) is 4.79 Å². The number of imidazole rings is 1. The molecule has 0 saturated heterocycles. The summed E-state index contributed by atoms with van der Waals surface area (Å²) in [4.78, 5) is 17.6. The summed E-state index contributed by atoms with van der Waals surface area (Å²) in [5.74, 6) is 0.238. The maximum Gasteiger partial charge on any atom is 0.228 e. The summed E-state index contributed by atoms with van der Waals surface area (Å²) < 4.78 is 15.3. The molecule has 2 aromatic carbocycles. The molecule has 2 atom stereocenters. The molecule has 1 heterocycles. The number of benzene rings is 2. The van der Waals surface area contributed by atoms with Crippen molar-refractivity contribution in [3.8, 4) is 0 Å². The first-order valence-electron chi connectivity index (χ1n) is 9.24. The van der Waals surface area contributed by atoms with Crippen LogP contribution in [0.4, 0.5) is 4.39 Å². The van der Waals surface area contributed by atoms with Crippen LogP contribution in [-0.2, 0) is 18.3 Å². The molecule has 138 valence electrons. The average Bonchev–Trinajstić information content (AvgIpc) is 3.12. The summed E-state index contributed by atoms with van der Waals surface area (Å²) >= 11 is 0. The number of rotatable bonds is 4. The van der Waals surface area contributed by atoms with Crippen LogP contribution in [0.1, 0.15) is 47.3 Å². The van der Waals surface area contributed by atoms with Crippen LogP contribution < -0.4 is 5.32 Å². The number of hydrogen-bond donors (Lipinski definition) is 1. The van der Waals surface area contributed by atoms with Crippen molar-refractivity contribution in [1.29, 1.82) is 0 Å². The van der Waals surface area contributed by atoms with E-state index in [1.165, 1.54) is 17.7 Å². The average molecular weight is 363 g/mol. The number of aromatic nitrogens is 2. The quantitative estimate of drug-likeness (QED) is 0.765. The maximum absolute atomic E-state index is 13.4. The fourth-order valence-electron chi connectivity index (χ4n) is 3.88. The monoisotopic (exact) mass is 363 g/mol. The van der Waals surface area contributed by atoms with Crippen molar-refractivity contribution in [3.63, 3.8) is 0 Å². The summed E-state index contributed by atoms with van der Waals surface area (Å²) in [5, 5.41) is 3.16. The third-order valence-electron chi connectivity index (χ3n) is 5.29. The number of fused-ring (bicyclic) bond motifs is 1. The van der Waals surface area contributed by atoms with Gasteiger partial charge in [-0.1, -0.05) is 36.4 Å². The molecule has 0 spiro atoms. The number of hydrogen-bond acceptors (Lipinski definition) is 2. The van der Waals surface area contributed by atoms with E-state index in [9.17, 15) is 9.18 Å². The van der Waals surface area contributed by atoms with Gasteiger partial charge < -0.3 is 9.88 Å². The highest BCUT2D eigenvalue weighted by atomic mass is 19.1. The SMILES string of the molecule is Cn1ccnc1C(NC(=O)C1CCCc2ccccc21)c1ccc(F)cc1. The van der Waals surface area contributed by atoms with E-state index in [0.29, 0.717) is 0 Å². The molecule has 3 aromatic rings. The van der Waals surface area contributed by atoms with Gasteiger partial charge in [-0.2, -0.15) is 0 Å². The van der Waals surface area contributed by atoms with Crippen molar-refractivity contribution >= 4 is 5.91 Å². The summed E-state index contributed by atoms with van der Waals surface area (Å²) in [6, 6.07) is 14.0. The highest BCUT2D eigenvalue weighted by molar-refractivity contribution is 5.85. The zero-order valence-corrected chi connectivity index (χ0v) is 15.2. The second kappa shape index (κ2) is 7.35. The number of aryl methyl sites for hydroxylation is 2. The largest absolute Gasteiger partial charge is 0.342 e. The molecule has 0 fully saturated rings. The van der Waals surface area contributed by atoms with Gasteiger partial charge in [0.2, 0.25) is 5.91 Å². The Morgan fingerprint density at radius 3 is 2.74 bits per heavy atom. The molecular weight excluding hydrogens is 341 g/mol. The van der Waals surface area contributed by atoms with Crippen molar-refractivity contribution in [2.75, 3.05) is 0 Å². The van der Waals surface area contributed by atoms with Gasteiger partial charge in [-0.05, 0) is 48.1 Å². The van der Waals surface area contributed by atoms with Gasteiger partial charge in [0.1, 0.15) is 17.7 Å². The van der Waals surface area contributed by atoms with Gasteiger partial charge in [0.15, 0.2) is 0 Å². The van der Waals surface area contributed by atoms with E-state index >= 15 is 0 Å². The van der Waals surface area contributed by atoms with E-state index in [4.69, 9.17) is 0 Å². The van der Waals surface area contributed by atoms with Crippen LogP contribution in [0.2, 0.25) is 0 Å². The molecule has 5 heteroatoms. The second-order valence-electron chi connectivity index (χ2n) is 7.03. The zero-order chi connectivity index (χ0) is 18.8. The number of halogens is 1. The fraction of sp³-hybridized carbons (Fsp3) is 0.273. The number of amides is 1. The summed E-state index contributed by atoms with van der Waals surface area (Å²) in [6.07, 6.45) is 6.39. The number of carbonyl (C=O) groups excluding carboxylic acids is 1. The first-order chi connectivity index (χ1) is 13.1. The molecule has 4 rings (SSSR count). The van der Waals surface area contributed by atoms with Crippen LogP contribution in [0.3, 0.4) is 0 Å². The topological polar surface area (TPSA) is 46.9 Å². The lowest BCUT2D eigenvalue weighted by molar-refractivity contribution is -0.123. The molecule has 1 aliphatic rings. The van der Waals surface area contributed by atoms with Gasteiger partial charge in [0, 0.05) is 19.4 Å². The molecule has 1 aromatic heterocycles. The molecule has 0 radical (unpaired) electrons. The number of nitrogens with one attached hydrogen (secondary N) is 1. The van der Waals surface area contributed by atoms with Crippen LogP contribution in [0, 0.1) is 5.82 Å². The highest BCUT2D eigenvalue weighted by Gasteiger charge is 2.29. The smallest absolute Gasteiger partial charge is 0.228 e. The van der Waals surface area contributed by atoms with E-state index in [1.807, 2.05) is 36.0 Å². The van der Waals surface area contributed by atoms with Crippen molar-refractivity contribution in [1.82, 2.24) is 14.9 Å². The minimum absolute atomic E-state index is 0.0144. The molecule has 2 unspecified atom stereocenters. The van der Waals surface area contributed by atoms with Gasteiger partial charge in [-0.25, -0.2) is 9.37 Å². The van der Waals surface area contributed by atoms with Crippen LogP contribution in [0.15, 0.2) is 60.9 Å². The zero-order valence-electron chi connectivity index (χ0n) is 15.2. The lowest BCUT2D eigenvalue weighted by Gasteiger charge is -2.27. The molecule has 27 heavy (non-hydrogen) atoms. The Bertz CT molecular complexity index is 948. The van der Waals surface area contributed by atoms with Gasteiger partial charge >= 0.3 is 0 Å². The molecule has 1 aliphatic carbocycles. The first-order valence-corrected chi connectivity index (χ1v) is 9.24. The van der Waals surface area contributed by atoms with Crippen molar-refractivity contribution in [2.45, 2.75) is 31.2 Å². The summed E-state index contributed by atoms with van der Waals surface area (Å²) in [5.41, 5.74) is 3.17. The molecule has 0 saturated carbocycles. The van der Waals surface area contributed by atoms with Crippen LogP contribution >= 0.6 is 0 Å². The van der Waals surface area contributed by atoms with Gasteiger partial charge in [-0.15, -0.1) is 0 Å². The minimum Gasteiger partial charge on any atom is -0.342 e. The predicted molar refractivity (Wildman–Crippen MR) is 102 cm³/mol.